The van der Waals surface area contributed by atoms with Crippen LogP contribution >= 0.6 is 23.5 Å². The van der Waals surface area contributed by atoms with Crippen molar-refractivity contribution in [3.8, 4) is 0 Å². The molecule has 5 aromatic rings. The fraction of sp³-hybridized carbons (Fsp3) is 0.161. The quantitative estimate of drug-likeness (QED) is 0.243. The van der Waals surface area contributed by atoms with E-state index in [0.29, 0.717) is 10.5 Å². The van der Waals surface area contributed by atoms with Crippen molar-refractivity contribution in [2.45, 2.75) is 26.8 Å². The van der Waals surface area contributed by atoms with Crippen LogP contribution in [0.25, 0.3) is 21.5 Å². The molecule has 5 aromatic carbocycles. The summed E-state index contributed by atoms with van der Waals surface area (Å²) in [4.78, 5) is 5.37. The molecule has 0 saturated carbocycles. The summed E-state index contributed by atoms with van der Waals surface area (Å²) < 4.78 is 0. The summed E-state index contributed by atoms with van der Waals surface area (Å²) in [6.45, 7) is 3.24. The van der Waals surface area contributed by atoms with Crippen LogP contribution in [-0.2, 0) is 6.54 Å². The van der Waals surface area contributed by atoms with Crippen molar-refractivity contribution in [1.82, 2.24) is 4.90 Å². The van der Waals surface area contributed by atoms with Gasteiger partial charge in [0.1, 0.15) is 0 Å². The Balaban J connectivity index is 1.25. The average Bonchev–Trinajstić information content (AvgIpc) is 3.24. The van der Waals surface area contributed by atoms with E-state index in [4.69, 9.17) is 0 Å². The third kappa shape index (κ3) is 4.88. The van der Waals surface area contributed by atoms with E-state index in [2.05, 4.69) is 120 Å². The highest BCUT2D eigenvalue weighted by atomic mass is 32.2. The first-order valence-corrected chi connectivity index (χ1v) is 13.6. The number of nitrogens with zero attached hydrogens (tertiary/aromatic N) is 1. The Hall–Kier alpha value is -2.72. The monoisotopic (exact) mass is 477 g/mol. The molecule has 0 spiro atoms. The van der Waals surface area contributed by atoms with Crippen LogP contribution in [0.5, 0.6) is 0 Å². The summed E-state index contributed by atoms with van der Waals surface area (Å²) in [7, 11) is 0. The fourth-order valence-electron chi connectivity index (χ4n) is 4.85. The second kappa shape index (κ2) is 9.87. The Kier molecular flexibility index (Phi) is 6.33. The van der Waals surface area contributed by atoms with Gasteiger partial charge < -0.3 is 0 Å². The van der Waals surface area contributed by atoms with Gasteiger partial charge in [-0.3, -0.25) is 4.90 Å². The Labute approximate surface area is 210 Å². The van der Waals surface area contributed by atoms with Crippen molar-refractivity contribution in [1.29, 1.82) is 0 Å². The number of rotatable bonds is 6. The molecule has 1 heterocycles. The van der Waals surface area contributed by atoms with Gasteiger partial charge in [0.25, 0.3) is 0 Å². The third-order valence-corrected chi connectivity index (χ3v) is 9.34. The lowest BCUT2D eigenvalue weighted by Gasteiger charge is -2.18. The normalized spacial score (nSPS) is 18.6. The van der Waals surface area contributed by atoms with Crippen LogP contribution in [-0.4, -0.2) is 28.5 Å². The minimum absolute atomic E-state index is 0.543. The standard InChI is InChI=1S/C31H27NS2/c1-2-8-23(9-3-1)20-32-21-30(33-28-16-14-24-10-4-6-12-26(24)18-28)31(22-32)34-29-17-15-25-11-5-7-13-27(25)19-29/h1-19,30-31H,20-22H2/t30-,31-/m1/s1. The summed E-state index contributed by atoms with van der Waals surface area (Å²) in [5.41, 5.74) is 1.40. The van der Waals surface area contributed by atoms with E-state index in [1.807, 2.05) is 23.5 Å². The van der Waals surface area contributed by atoms with Gasteiger partial charge in [0, 0.05) is 39.9 Å². The highest BCUT2D eigenvalue weighted by Gasteiger charge is 2.34. The predicted octanol–water partition coefficient (Wildman–Crippen LogP) is 8.13. The number of hydrogen-bond donors (Lipinski definition) is 0. The minimum Gasteiger partial charge on any atom is -0.297 e. The number of thioether (sulfide) groups is 2. The average molecular weight is 478 g/mol. The fourth-order valence-corrected chi connectivity index (χ4v) is 7.61. The zero-order chi connectivity index (χ0) is 22.7. The van der Waals surface area contributed by atoms with E-state index < -0.39 is 0 Å². The van der Waals surface area contributed by atoms with E-state index in [9.17, 15) is 0 Å². The Bertz CT molecular complexity index is 1330. The van der Waals surface area contributed by atoms with Crippen molar-refractivity contribution in [2.75, 3.05) is 13.1 Å². The lowest BCUT2D eigenvalue weighted by Crippen LogP contribution is -2.20. The van der Waals surface area contributed by atoms with Gasteiger partial charge >= 0.3 is 0 Å². The molecule has 0 amide bonds. The van der Waals surface area contributed by atoms with Crippen LogP contribution in [0.2, 0.25) is 0 Å². The zero-order valence-electron chi connectivity index (χ0n) is 19.0. The Morgan fingerprint density at radius 3 is 1.53 bits per heavy atom. The number of hydrogen-bond acceptors (Lipinski definition) is 3. The lowest BCUT2D eigenvalue weighted by atomic mass is 10.1. The minimum atomic E-state index is 0.543. The number of benzene rings is 5. The van der Waals surface area contributed by atoms with Gasteiger partial charge in [-0.05, 0) is 51.4 Å². The molecule has 0 bridgehead atoms. The van der Waals surface area contributed by atoms with Gasteiger partial charge in [0.05, 0.1) is 0 Å². The molecular weight excluding hydrogens is 450 g/mol. The highest BCUT2D eigenvalue weighted by molar-refractivity contribution is 8.04. The maximum atomic E-state index is 2.63. The molecule has 1 aliphatic heterocycles. The molecule has 0 aromatic heterocycles. The smallest absolute Gasteiger partial charge is 0.0357 e. The summed E-state index contributed by atoms with van der Waals surface area (Å²) in [5.74, 6) is 0. The maximum absolute atomic E-state index is 2.63. The predicted molar refractivity (Wildman–Crippen MR) is 149 cm³/mol. The first kappa shape index (κ1) is 21.8. The topological polar surface area (TPSA) is 3.24 Å². The summed E-state index contributed by atoms with van der Waals surface area (Å²) in [6.07, 6.45) is 0. The molecule has 1 fully saturated rings. The molecule has 1 aliphatic rings. The van der Waals surface area contributed by atoms with Crippen molar-refractivity contribution in [3.63, 3.8) is 0 Å². The second-order valence-corrected chi connectivity index (χ2v) is 11.6. The van der Waals surface area contributed by atoms with Gasteiger partial charge in [-0.1, -0.05) is 91.0 Å². The summed E-state index contributed by atoms with van der Waals surface area (Å²) in [6, 6.07) is 42.0. The van der Waals surface area contributed by atoms with Crippen LogP contribution < -0.4 is 0 Å². The van der Waals surface area contributed by atoms with Gasteiger partial charge in [-0.15, -0.1) is 23.5 Å². The van der Waals surface area contributed by atoms with Crippen LogP contribution in [0, 0.1) is 0 Å². The molecule has 34 heavy (non-hydrogen) atoms. The van der Waals surface area contributed by atoms with Crippen molar-refractivity contribution in [3.05, 3.63) is 121 Å². The van der Waals surface area contributed by atoms with Crippen LogP contribution in [0.4, 0.5) is 0 Å². The van der Waals surface area contributed by atoms with E-state index in [-0.39, 0.29) is 0 Å². The lowest BCUT2D eigenvalue weighted by molar-refractivity contribution is 0.333. The summed E-state index contributed by atoms with van der Waals surface area (Å²) in [5, 5.41) is 6.36. The zero-order valence-corrected chi connectivity index (χ0v) is 20.6. The first-order chi connectivity index (χ1) is 16.8. The molecule has 3 heteroatoms. The molecule has 6 rings (SSSR count). The second-order valence-electron chi connectivity index (χ2n) is 9.01. The van der Waals surface area contributed by atoms with E-state index in [1.165, 1.54) is 36.9 Å². The molecule has 1 saturated heterocycles. The van der Waals surface area contributed by atoms with Crippen LogP contribution in [0.3, 0.4) is 0 Å². The van der Waals surface area contributed by atoms with Crippen LogP contribution in [0.15, 0.2) is 125 Å². The van der Waals surface area contributed by atoms with Gasteiger partial charge in [0.15, 0.2) is 0 Å². The molecule has 0 unspecified atom stereocenters. The summed E-state index contributed by atoms with van der Waals surface area (Å²) >= 11 is 4.10. The molecule has 2 atom stereocenters. The molecule has 0 N–H and O–H groups in total. The SMILES string of the molecule is c1ccc(CN2C[C@@H](Sc3ccc4ccccc4c3)[C@H](Sc3ccc4ccccc4c3)C2)cc1. The van der Waals surface area contributed by atoms with E-state index in [0.717, 1.165) is 19.6 Å². The highest BCUT2D eigenvalue weighted by Crippen LogP contribution is 2.40. The number of fused-ring (bicyclic) bond motifs is 2. The molecule has 1 nitrogen and oxygen atoms in total. The van der Waals surface area contributed by atoms with Crippen molar-refractivity contribution < 1.29 is 0 Å². The maximum Gasteiger partial charge on any atom is 0.0357 e. The van der Waals surface area contributed by atoms with Gasteiger partial charge in [-0.2, -0.15) is 0 Å². The molecule has 0 radical (unpaired) electrons. The van der Waals surface area contributed by atoms with E-state index >= 15 is 0 Å². The Morgan fingerprint density at radius 1 is 0.529 bits per heavy atom. The largest absolute Gasteiger partial charge is 0.297 e. The van der Waals surface area contributed by atoms with E-state index in [1.54, 1.807) is 0 Å². The van der Waals surface area contributed by atoms with Crippen LogP contribution in [0.1, 0.15) is 5.56 Å². The molecular formula is C31H27NS2. The Morgan fingerprint density at radius 2 is 1.00 bits per heavy atom. The molecule has 0 aliphatic carbocycles. The van der Waals surface area contributed by atoms with Gasteiger partial charge in [-0.25, -0.2) is 0 Å². The molecule has 168 valence electrons. The van der Waals surface area contributed by atoms with Gasteiger partial charge in [0.2, 0.25) is 0 Å². The third-order valence-electron chi connectivity index (χ3n) is 6.56. The van der Waals surface area contributed by atoms with Crippen molar-refractivity contribution >= 4 is 45.1 Å². The number of likely N-dealkylation sites (tertiary alicyclic amines) is 1. The van der Waals surface area contributed by atoms with Crippen molar-refractivity contribution in [2.24, 2.45) is 0 Å². The first-order valence-electron chi connectivity index (χ1n) is 11.9.